The number of carbonyl (C=O) groups is 2. The number of nitrogens with one attached hydrogen (secondary N) is 1. The van der Waals surface area contributed by atoms with E-state index in [1.54, 1.807) is 18.3 Å². The number of nitrogens with zero attached hydrogens (tertiary/aromatic N) is 1. The number of unbranched alkanes of at least 4 members (excludes halogenated alkanes) is 1. The summed E-state index contributed by atoms with van der Waals surface area (Å²) in [5, 5.41) is 2.99. The van der Waals surface area contributed by atoms with Gasteiger partial charge in [-0.15, -0.1) is 0 Å². The van der Waals surface area contributed by atoms with E-state index in [0.29, 0.717) is 12.0 Å². The molecule has 0 aliphatic carbocycles. The van der Waals surface area contributed by atoms with E-state index in [4.69, 9.17) is 4.74 Å². The topological polar surface area (TPSA) is 68.3 Å². The number of hydrogen-bond acceptors (Lipinski definition) is 4. The zero-order chi connectivity index (χ0) is 27.1. The van der Waals surface area contributed by atoms with E-state index in [1.807, 2.05) is 20.8 Å². The van der Waals surface area contributed by atoms with Crippen LogP contribution in [0.4, 0.5) is 0 Å². The highest BCUT2D eigenvalue weighted by Crippen LogP contribution is 2.14. The highest BCUT2D eigenvalue weighted by atomic mass is 16.5. The van der Waals surface area contributed by atoms with Gasteiger partial charge in [-0.05, 0) is 69.9 Å². The van der Waals surface area contributed by atoms with Crippen LogP contribution < -0.4 is 5.32 Å². The van der Waals surface area contributed by atoms with Gasteiger partial charge >= 0.3 is 5.97 Å². The van der Waals surface area contributed by atoms with Crippen molar-refractivity contribution >= 4 is 11.9 Å². The van der Waals surface area contributed by atoms with Crippen molar-refractivity contribution < 1.29 is 14.3 Å². The van der Waals surface area contributed by atoms with Crippen LogP contribution in [-0.2, 0) is 9.53 Å². The molecular weight excluding hydrogens is 460 g/mol. The van der Waals surface area contributed by atoms with Crippen molar-refractivity contribution in [1.29, 1.82) is 0 Å². The molecule has 0 bridgehead atoms. The summed E-state index contributed by atoms with van der Waals surface area (Å²) in [6, 6.07) is 3.09. The van der Waals surface area contributed by atoms with Gasteiger partial charge in [-0.2, -0.15) is 0 Å². The van der Waals surface area contributed by atoms with Crippen molar-refractivity contribution in [2.45, 2.75) is 91.2 Å². The number of ether oxygens (including phenoxy) is 1. The highest BCUT2D eigenvalue weighted by molar-refractivity contribution is 5.89. The zero-order valence-corrected chi connectivity index (χ0v) is 23.1. The molecular formula is C32H46N2O3. The minimum absolute atomic E-state index is 0.0251. The molecule has 37 heavy (non-hydrogen) atoms. The van der Waals surface area contributed by atoms with E-state index in [9.17, 15) is 9.59 Å². The first kappa shape index (κ1) is 31.8. The van der Waals surface area contributed by atoms with Crippen LogP contribution in [-0.4, -0.2) is 29.0 Å². The van der Waals surface area contributed by atoms with Crippen LogP contribution in [0.15, 0.2) is 85.3 Å². The first-order chi connectivity index (χ1) is 18.0. The molecule has 0 aliphatic heterocycles. The van der Waals surface area contributed by atoms with Gasteiger partial charge in [-0.3, -0.25) is 9.78 Å². The summed E-state index contributed by atoms with van der Waals surface area (Å²) in [5.74, 6) is -0.383. The molecule has 1 N–H and O–H groups in total. The Balaban J connectivity index is 2.20. The first-order valence-corrected chi connectivity index (χ1v) is 13.6. The summed E-state index contributed by atoms with van der Waals surface area (Å²) in [6.07, 6.45) is 31.5. The van der Waals surface area contributed by atoms with Gasteiger partial charge in [0.2, 0.25) is 5.91 Å². The minimum atomic E-state index is -0.425. The fourth-order valence-corrected chi connectivity index (χ4v) is 3.65. The predicted octanol–water partition coefficient (Wildman–Crippen LogP) is 7.69. The maximum absolute atomic E-state index is 12.4. The predicted molar refractivity (Wildman–Crippen MR) is 154 cm³/mol. The normalized spacial score (nSPS) is 14.0. The van der Waals surface area contributed by atoms with Crippen molar-refractivity contribution in [3.8, 4) is 0 Å². The molecule has 0 saturated carbocycles. The van der Waals surface area contributed by atoms with Gasteiger partial charge in [-0.1, -0.05) is 81.5 Å². The average Bonchev–Trinajstić information content (AvgIpc) is 2.89. The SMILES string of the molecule is CC/C=C\C/C=C\C/C=C\C/C=C\C/C=C\CCCC(=O)NC(C)C(OC(=O)c1cccnc1)C(C)C. The van der Waals surface area contributed by atoms with Gasteiger partial charge in [0.1, 0.15) is 6.10 Å². The summed E-state index contributed by atoms with van der Waals surface area (Å²) in [5.41, 5.74) is 0.406. The lowest BCUT2D eigenvalue weighted by molar-refractivity contribution is -0.122. The molecule has 1 amide bonds. The first-order valence-electron chi connectivity index (χ1n) is 13.6. The van der Waals surface area contributed by atoms with Gasteiger partial charge < -0.3 is 10.1 Å². The van der Waals surface area contributed by atoms with E-state index in [-0.39, 0.29) is 17.9 Å². The van der Waals surface area contributed by atoms with E-state index < -0.39 is 12.1 Å². The van der Waals surface area contributed by atoms with Crippen molar-refractivity contribution in [2.24, 2.45) is 5.92 Å². The smallest absolute Gasteiger partial charge is 0.340 e. The Morgan fingerprint density at radius 2 is 1.46 bits per heavy atom. The Hall–Kier alpha value is -3.21. The highest BCUT2D eigenvalue weighted by Gasteiger charge is 2.26. The van der Waals surface area contributed by atoms with Crippen LogP contribution >= 0.6 is 0 Å². The van der Waals surface area contributed by atoms with Crippen LogP contribution in [0.3, 0.4) is 0 Å². The standard InChI is InChI=1S/C32H46N2O3/c1-5-6-7-8-9-10-11-12-13-14-15-16-17-18-19-20-21-24-30(35)34-28(4)31(27(2)3)37-32(36)29-23-22-25-33-26-29/h6-7,9-10,12-13,15-16,18-19,22-23,25-28,31H,5,8,11,14,17,20-21,24H2,1-4H3,(H,34,35)/b7-6-,10-9-,13-12-,16-15-,19-18-. The van der Waals surface area contributed by atoms with E-state index >= 15 is 0 Å². The van der Waals surface area contributed by atoms with E-state index in [0.717, 1.165) is 44.9 Å². The molecule has 1 rings (SSSR count). The second-order valence-corrected chi connectivity index (χ2v) is 9.31. The Morgan fingerprint density at radius 1 is 0.892 bits per heavy atom. The third-order valence-electron chi connectivity index (χ3n) is 5.61. The molecule has 5 heteroatoms. The molecule has 5 nitrogen and oxygen atoms in total. The second-order valence-electron chi connectivity index (χ2n) is 9.31. The molecule has 0 spiro atoms. The number of pyridine rings is 1. The summed E-state index contributed by atoms with van der Waals surface area (Å²) < 4.78 is 5.68. The Kier molecular flexibility index (Phi) is 18.0. The lowest BCUT2D eigenvalue weighted by atomic mass is 10.00. The number of hydrogen-bond donors (Lipinski definition) is 1. The van der Waals surface area contributed by atoms with Crippen LogP contribution in [0.25, 0.3) is 0 Å². The second kappa shape index (κ2) is 20.9. The zero-order valence-electron chi connectivity index (χ0n) is 23.1. The molecule has 2 atom stereocenters. The monoisotopic (exact) mass is 506 g/mol. The fourth-order valence-electron chi connectivity index (χ4n) is 3.65. The quantitative estimate of drug-likeness (QED) is 0.126. The van der Waals surface area contributed by atoms with E-state index in [1.165, 1.54) is 6.20 Å². The lowest BCUT2D eigenvalue weighted by Crippen LogP contribution is -2.45. The molecule has 0 aromatic carbocycles. The third-order valence-corrected chi connectivity index (χ3v) is 5.61. The molecule has 0 saturated heterocycles. The third kappa shape index (κ3) is 16.2. The van der Waals surface area contributed by atoms with Crippen molar-refractivity contribution in [3.63, 3.8) is 0 Å². The number of amides is 1. The van der Waals surface area contributed by atoms with E-state index in [2.05, 4.69) is 78.0 Å². The Morgan fingerprint density at radius 3 is 1.97 bits per heavy atom. The van der Waals surface area contributed by atoms with Crippen LogP contribution in [0.1, 0.15) is 89.4 Å². The molecule has 2 unspecified atom stereocenters. The summed E-state index contributed by atoms with van der Waals surface area (Å²) in [6.45, 7) is 7.98. The summed E-state index contributed by atoms with van der Waals surface area (Å²) >= 11 is 0. The van der Waals surface area contributed by atoms with Gasteiger partial charge in [0.25, 0.3) is 0 Å². The summed E-state index contributed by atoms with van der Waals surface area (Å²) in [4.78, 5) is 28.7. The van der Waals surface area contributed by atoms with Crippen molar-refractivity contribution in [3.05, 3.63) is 90.9 Å². The summed E-state index contributed by atoms with van der Waals surface area (Å²) in [7, 11) is 0. The molecule has 1 heterocycles. The van der Waals surface area contributed by atoms with Gasteiger partial charge in [0.15, 0.2) is 0 Å². The Labute approximate surface area is 224 Å². The number of esters is 1. The molecule has 1 aromatic heterocycles. The molecule has 1 aromatic rings. The van der Waals surface area contributed by atoms with Gasteiger partial charge in [0.05, 0.1) is 11.6 Å². The average molecular weight is 507 g/mol. The maximum Gasteiger partial charge on any atom is 0.340 e. The maximum atomic E-state index is 12.4. The molecule has 0 fully saturated rings. The number of aromatic nitrogens is 1. The largest absolute Gasteiger partial charge is 0.456 e. The van der Waals surface area contributed by atoms with Gasteiger partial charge in [-0.25, -0.2) is 4.79 Å². The van der Waals surface area contributed by atoms with Crippen molar-refractivity contribution in [2.75, 3.05) is 0 Å². The molecule has 0 aliphatic rings. The minimum Gasteiger partial charge on any atom is -0.456 e. The van der Waals surface area contributed by atoms with Crippen molar-refractivity contribution in [1.82, 2.24) is 10.3 Å². The lowest BCUT2D eigenvalue weighted by Gasteiger charge is -2.28. The van der Waals surface area contributed by atoms with Crippen LogP contribution in [0.2, 0.25) is 0 Å². The van der Waals surface area contributed by atoms with Crippen LogP contribution in [0, 0.1) is 5.92 Å². The number of rotatable bonds is 18. The fraction of sp³-hybridized carbons (Fsp3) is 0.469. The number of allylic oxidation sites excluding steroid dienone is 10. The molecule has 202 valence electrons. The van der Waals surface area contributed by atoms with Gasteiger partial charge in [0, 0.05) is 18.8 Å². The Bertz CT molecular complexity index is 898. The molecule has 0 radical (unpaired) electrons. The number of carbonyl (C=O) groups excluding carboxylic acids is 2. The van der Waals surface area contributed by atoms with Crippen LogP contribution in [0.5, 0.6) is 0 Å².